The normalized spacial score (nSPS) is 10.8. The molecule has 0 aliphatic carbocycles. The van der Waals surface area contributed by atoms with Crippen molar-refractivity contribution in [3.05, 3.63) is 52.9 Å². The van der Waals surface area contributed by atoms with Gasteiger partial charge in [0.15, 0.2) is 0 Å². The second-order valence-electron chi connectivity index (χ2n) is 5.11. The van der Waals surface area contributed by atoms with Crippen LogP contribution in [0.3, 0.4) is 0 Å². The highest BCUT2D eigenvalue weighted by atomic mass is 14.9. The molecular weight excluding hydrogens is 260 g/mol. The van der Waals surface area contributed by atoms with Gasteiger partial charge in [0.2, 0.25) is 0 Å². The zero-order chi connectivity index (χ0) is 15.1. The van der Waals surface area contributed by atoms with Crippen molar-refractivity contribution in [2.45, 2.75) is 39.5 Å². The summed E-state index contributed by atoms with van der Waals surface area (Å²) >= 11 is 0. The SMILES string of the molecule is CCc1nc(Cc2cccnc2)nc(CC)c1CCNC. The average Bonchev–Trinajstić information content (AvgIpc) is 2.53. The minimum absolute atomic E-state index is 0.750. The predicted octanol–water partition coefficient (Wildman–Crippen LogP) is 2.35. The van der Waals surface area contributed by atoms with Crippen LogP contribution in [0.5, 0.6) is 0 Å². The Hall–Kier alpha value is -1.81. The van der Waals surface area contributed by atoms with Crippen LogP contribution in [0.15, 0.2) is 24.5 Å². The van der Waals surface area contributed by atoms with E-state index in [0.717, 1.165) is 43.6 Å². The first-order valence-corrected chi connectivity index (χ1v) is 7.69. The molecule has 0 unspecified atom stereocenters. The molecule has 0 bridgehead atoms. The molecular formula is C17H24N4. The molecule has 0 saturated carbocycles. The minimum Gasteiger partial charge on any atom is -0.319 e. The maximum absolute atomic E-state index is 4.78. The lowest BCUT2D eigenvalue weighted by molar-refractivity contribution is 0.747. The minimum atomic E-state index is 0.750. The van der Waals surface area contributed by atoms with Crippen molar-refractivity contribution < 1.29 is 0 Å². The lowest BCUT2D eigenvalue weighted by atomic mass is 10.0. The fourth-order valence-electron chi connectivity index (χ4n) is 2.53. The smallest absolute Gasteiger partial charge is 0.133 e. The predicted molar refractivity (Wildman–Crippen MR) is 85.5 cm³/mol. The van der Waals surface area contributed by atoms with Gasteiger partial charge in [-0.3, -0.25) is 4.98 Å². The van der Waals surface area contributed by atoms with Crippen molar-refractivity contribution in [3.8, 4) is 0 Å². The van der Waals surface area contributed by atoms with Crippen molar-refractivity contribution >= 4 is 0 Å². The Bertz CT molecular complexity index is 541. The maximum Gasteiger partial charge on any atom is 0.133 e. The van der Waals surface area contributed by atoms with Gasteiger partial charge in [0, 0.05) is 30.2 Å². The Morgan fingerprint density at radius 2 is 1.81 bits per heavy atom. The second kappa shape index (κ2) is 7.84. The van der Waals surface area contributed by atoms with Crippen LogP contribution in [0, 0.1) is 0 Å². The molecule has 4 nitrogen and oxygen atoms in total. The molecule has 2 heterocycles. The lowest BCUT2D eigenvalue weighted by Crippen LogP contribution is -2.16. The van der Waals surface area contributed by atoms with Gasteiger partial charge >= 0.3 is 0 Å². The third kappa shape index (κ3) is 4.08. The van der Waals surface area contributed by atoms with Crippen molar-refractivity contribution in [1.82, 2.24) is 20.3 Å². The Kier molecular flexibility index (Phi) is 5.81. The summed E-state index contributed by atoms with van der Waals surface area (Å²) in [6, 6.07) is 4.03. The van der Waals surface area contributed by atoms with E-state index in [2.05, 4.69) is 30.2 Å². The molecule has 112 valence electrons. The van der Waals surface area contributed by atoms with E-state index < -0.39 is 0 Å². The van der Waals surface area contributed by atoms with Crippen molar-refractivity contribution in [2.24, 2.45) is 0 Å². The zero-order valence-corrected chi connectivity index (χ0v) is 13.2. The van der Waals surface area contributed by atoms with Crippen LogP contribution in [0.25, 0.3) is 0 Å². The molecule has 0 aromatic carbocycles. The summed E-state index contributed by atoms with van der Waals surface area (Å²) in [6.45, 7) is 5.29. The largest absolute Gasteiger partial charge is 0.319 e. The van der Waals surface area contributed by atoms with Crippen LogP contribution in [0.4, 0.5) is 0 Å². The van der Waals surface area contributed by atoms with Gasteiger partial charge in [0.05, 0.1) is 0 Å². The molecule has 2 rings (SSSR count). The highest BCUT2D eigenvalue weighted by molar-refractivity contribution is 5.28. The van der Waals surface area contributed by atoms with Crippen LogP contribution in [-0.4, -0.2) is 28.5 Å². The molecule has 0 saturated heterocycles. The lowest BCUT2D eigenvalue weighted by Gasteiger charge is -2.14. The van der Waals surface area contributed by atoms with Crippen LogP contribution in [-0.2, 0) is 25.7 Å². The number of likely N-dealkylation sites (N-methyl/N-ethyl adjacent to an activating group) is 1. The van der Waals surface area contributed by atoms with E-state index in [1.807, 2.05) is 19.3 Å². The van der Waals surface area contributed by atoms with Crippen LogP contribution in [0.2, 0.25) is 0 Å². The monoisotopic (exact) mass is 284 g/mol. The van der Waals surface area contributed by atoms with Crippen molar-refractivity contribution in [1.29, 1.82) is 0 Å². The zero-order valence-electron chi connectivity index (χ0n) is 13.2. The van der Waals surface area contributed by atoms with E-state index in [-0.39, 0.29) is 0 Å². The van der Waals surface area contributed by atoms with Gasteiger partial charge in [-0.2, -0.15) is 0 Å². The van der Waals surface area contributed by atoms with Crippen LogP contribution >= 0.6 is 0 Å². The number of rotatable bonds is 7. The van der Waals surface area contributed by atoms with Gasteiger partial charge in [0.25, 0.3) is 0 Å². The molecule has 0 radical (unpaired) electrons. The van der Waals surface area contributed by atoms with E-state index in [1.165, 1.54) is 17.0 Å². The molecule has 0 aliphatic heterocycles. The fraction of sp³-hybridized carbons (Fsp3) is 0.471. The summed E-state index contributed by atoms with van der Waals surface area (Å²) in [5.41, 5.74) is 4.86. The van der Waals surface area contributed by atoms with E-state index in [9.17, 15) is 0 Å². The highest BCUT2D eigenvalue weighted by Crippen LogP contribution is 2.16. The van der Waals surface area contributed by atoms with E-state index >= 15 is 0 Å². The van der Waals surface area contributed by atoms with E-state index in [4.69, 9.17) is 9.97 Å². The maximum atomic E-state index is 4.78. The first-order valence-electron chi connectivity index (χ1n) is 7.69. The summed E-state index contributed by atoms with van der Waals surface area (Å²) < 4.78 is 0. The van der Waals surface area contributed by atoms with Crippen molar-refractivity contribution in [2.75, 3.05) is 13.6 Å². The van der Waals surface area contributed by atoms with E-state index in [1.54, 1.807) is 6.20 Å². The summed E-state index contributed by atoms with van der Waals surface area (Å²) in [4.78, 5) is 13.7. The number of pyridine rings is 1. The Morgan fingerprint density at radius 1 is 1.10 bits per heavy atom. The third-order valence-corrected chi connectivity index (χ3v) is 3.60. The first kappa shape index (κ1) is 15.6. The van der Waals surface area contributed by atoms with Gasteiger partial charge in [-0.25, -0.2) is 9.97 Å². The van der Waals surface area contributed by atoms with Gasteiger partial charge in [-0.05, 0) is 50.0 Å². The Labute approximate surface area is 127 Å². The second-order valence-corrected chi connectivity index (χ2v) is 5.11. The molecule has 4 heteroatoms. The topological polar surface area (TPSA) is 50.7 Å². The molecule has 0 spiro atoms. The summed E-state index contributed by atoms with van der Waals surface area (Å²) in [5.74, 6) is 0.907. The molecule has 2 aromatic rings. The van der Waals surface area contributed by atoms with Gasteiger partial charge in [-0.1, -0.05) is 19.9 Å². The number of nitrogens with one attached hydrogen (secondary N) is 1. The molecule has 0 amide bonds. The van der Waals surface area contributed by atoms with E-state index in [0.29, 0.717) is 0 Å². The number of hydrogen-bond acceptors (Lipinski definition) is 4. The third-order valence-electron chi connectivity index (χ3n) is 3.60. The quantitative estimate of drug-likeness (QED) is 0.848. The fourth-order valence-corrected chi connectivity index (χ4v) is 2.53. The Balaban J connectivity index is 2.31. The first-order chi connectivity index (χ1) is 10.3. The molecule has 0 fully saturated rings. The number of aromatic nitrogens is 3. The Morgan fingerprint density at radius 3 is 2.33 bits per heavy atom. The number of aryl methyl sites for hydroxylation is 2. The highest BCUT2D eigenvalue weighted by Gasteiger charge is 2.12. The number of hydrogen-bond donors (Lipinski definition) is 1. The number of nitrogens with zero attached hydrogens (tertiary/aromatic N) is 3. The van der Waals surface area contributed by atoms with Crippen molar-refractivity contribution in [3.63, 3.8) is 0 Å². The van der Waals surface area contributed by atoms with Crippen LogP contribution < -0.4 is 5.32 Å². The van der Waals surface area contributed by atoms with Gasteiger partial charge in [-0.15, -0.1) is 0 Å². The van der Waals surface area contributed by atoms with Gasteiger partial charge in [0.1, 0.15) is 5.82 Å². The summed E-state index contributed by atoms with van der Waals surface area (Å²) in [7, 11) is 1.98. The molecule has 1 N–H and O–H groups in total. The molecule has 0 aliphatic rings. The standard InChI is InChI=1S/C17H24N4/c1-4-15-14(8-10-18-3)16(5-2)21-17(20-15)11-13-7-6-9-19-12-13/h6-7,9,12,18H,4-5,8,10-11H2,1-3H3. The average molecular weight is 284 g/mol. The summed E-state index contributed by atoms with van der Waals surface area (Å²) in [6.07, 6.45) is 7.33. The molecule has 2 aromatic heterocycles. The molecule has 21 heavy (non-hydrogen) atoms. The molecule has 0 atom stereocenters. The summed E-state index contributed by atoms with van der Waals surface area (Å²) in [5, 5.41) is 3.21. The van der Waals surface area contributed by atoms with Crippen LogP contribution in [0.1, 0.15) is 42.2 Å². The van der Waals surface area contributed by atoms with Gasteiger partial charge < -0.3 is 5.32 Å².